The molecule has 0 atom stereocenters. The third-order valence-electron chi connectivity index (χ3n) is 7.84. The molecule has 6 rings (SSSR count). The monoisotopic (exact) mass is 629 g/mol. The van der Waals surface area contributed by atoms with E-state index in [9.17, 15) is 13.2 Å². The molecule has 9 heteroatoms. The normalized spacial score (nSPS) is 14.3. The van der Waals surface area contributed by atoms with E-state index in [4.69, 9.17) is 11.6 Å². The van der Waals surface area contributed by atoms with Crippen molar-refractivity contribution in [3.8, 4) is 0 Å². The maximum atomic E-state index is 13.6. The first-order valence-electron chi connectivity index (χ1n) is 14.2. The van der Waals surface area contributed by atoms with Gasteiger partial charge in [0.25, 0.3) is 5.91 Å². The molecule has 0 bridgehead atoms. The van der Waals surface area contributed by atoms with Crippen LogP contribution in [-0.4, -0.2) is 56.6 Å². The van der Waals surface area contributed by atoms with Crippen LogP contribution in [0.2, 0.25) is 5.02 Å². The van der Waals surface area contributed by atoms with Crippen molar-refractivity contribution in [3.05, 3.63) is 136 Å². The van der Waals surface area contributed by atoms with Crippen molar-refractivity contribution in [2.24, 2.45) is 0 Å². The molecule has 2 heterocycles. The van der Waals surface area contributed by atoms with Crippen LogP contribution >= 0.6 is 22.9 Å². The Labute approximate surface area is 261 Å². The predicted molar refractivity (Wildman–Crippen MR) is 177 cm³/mol. The summed E-state index contributed by atoms with van der Waals surface area (Å²) in [6, 6.07) is 35.8. The van der Waals surface area contributed by atoms with Gasteiger partial charge in [-0.15, -0.1) is 11.3 Å². The molecule has 1 aromatic heterocycles. The van der Waals surface area contributed by atoms with Crippen molar-refractivity contribution in [3.63, 3.8) is 0 Å². The Kier molecular flexibility index (Phi) is 8.54. The van der Waals surface area contributed by atoms with Gasteiger partial charge in [0, 0.05) is 35.9 Å². The fourth-order valence-corrected chi connectivity index (χ4v) is 7.69. The number of amides is 1. The first-order chi connectivity index (χ1) is 20.8. The first kappa shape index (κ1) is 29.4. The highest BCUT2D eigenvalue weighted by Crippen LogP contribution is 2.33. The number of benzene rings is 4. The number of carbonyl (C=O) groups is 1. The number of anilines is 1. The summed E-state index contributed by atoms with van der Waals surface area (Å²) in [5.41, 5.74) is 3.88. The van der Waals surface area contributed by atoms with Crippen molar-refractivity contribution in [1.29, 1.82) is 0 Å². The third kappa shape index (κ3) is 6.63. The lowest BCUT2D eigenvalue weighted by molar-refractivity contribution is 0.0602. The van der Waals surface area contributed by atoms with E-state index in [1.165, 1.54) is 33.0 Å². The minimum atomic E-state index is -3.55. The number of thiophene rings is 1. The highest BCUT2D eigenvalue weighted by molar-refractivity contribution is 7.92. The topological polar surface area (TPSA) is 60.9 Å². The Bertz CT molecular complexity index is 1780. The quantitative estimate of drug-likeness (QED) is 0.184. The zero-order valence-corrected chi connectivity index (χ0v) is 26.2. The third-order valence-corrected chi connectivity index (χ3v) is 10.3. The van der Waals surface area contributed by atoms with E-state index in [0.717, 1.165) is 28.7 Å². The van der Waals surface area contributed by atoms with Crippen molar-refractivity contribution < 1.29 is 13.2 Å². The second kappa shape index (κ2) is 12.5. The molecule has 0 aliphatic carbocycles. The molecule has 4 aromatic carbocycles. The van der Waals surface area contributed by atoms with Gasteiger partial charge in [-0.2, -0.15) is 0 Å². The van der Waals surface area contributed by atoms with E-state index in [1.807, 2.05) is 47.4 Å². The number of rotatable bonds is 8. The van der Waals surface area contributed by atoms with Gasteiger partial charge in [-0.1, -0.05) is 84.4 Å². The summed E-state index contributed by atoms with van der Waals surface area (Å²) in [7, 11) is -3.55. The average molecular weight is 630 g/mol. The fraction of sp³-hybridized carbons (Fsp3) is 0.206. The molecule has 0 radical (unpaired) electrons. The Morgan fingerprint density at radius 1 is 0.837 bits per heavy atom. The molecule has 43 heavy (non-hydrogen) atoms. The van der Waals surface area contributed by atoms with Gasteiger partial charge in [0.1, 0.15) is 0 Å². The van der Waals surface area contributed by atoms with Crippen LogP contribution in [0.15, 0.2) is 109 Å². The van der Waals surface area contributed by atoms with E-state index in [-0.39, 0.29) is 18.5 Å². The van der Waals surface area contributed by atoms with Crippen LogP contribution in [0.1, 0.15) is 32.4 Å². The van der Waals surface area contributed by atoms with Gasteiger partial charge in [0.05, 0.1) is 29.4 Å². The van der Waals surface area contributed by atoms with Crippen LogP contribution in [0, 0.1) is 0 Å². The van der Waals surface area contributed by atoms with Crippen LogP contribution in [0.5, 0.6) is 0 Å². The Balaban J connectivity index is 1.19. The number of hydrogen-bond donors (Lipinski definition) is 0. The predicted octanol–water partition coefficient (Wildman–Crippen LogP) is 7.07. The summed E-state index contributed by atoms with van der Waals surface area (Å²) >= 11 is 7.46. The lowest BCUT2D eigenvalue weighted by atomic mass is 9.96. The number of nitrogens with zero attached hydrogens (tertiary/aromatic N) is 3. The molecule has 0 N–H and O–H groups in total. The smallest absolute Gasteiger partial charge is 0.264 e. The summed E-state index contributed by atoms with van der Waals surface area (Å²) < 4.78 is 27.8. The summed E-state index contributed by atoms with van der Waals surface area (Å²) in [6.45, 7) is 3.00. The van der Waals surface area contributed by atoms with Crippen molar-refractivity contribution >= 4 is 54.6 Å². The molecule has 1 aliphatic rings. The molecule has 6 nitrogen and oxygen atoms in total. The lowest BCUT2D eigenvalue weighted by Gasteiger charge is -2.39. The number of sulfonamides is 1. The molecular formula is C34H32ClN3O3S2. The summed E-state index contributed by atoms with van der Waals surface area (Å²) in [5, 5.41) is 1.45. The van der Waals surface area contributed by atoms with Gasteiger partial charge in [0.2, 0.25) is 10.0 Å². The van der Waals surface area contributed by atoms with Gasteiger partial charge >= 0.3 is 0 Å². The minimum absolute atomic E-state index is 0.0134. The number of halogens is 1. The molecular weight excluding hydrogens is 598 g/mol. The largest absolute Gasteiger partial charge is 0.335 e. The van der Waals surface area contributed by atoms with E-state index in [2.05, 4.69) is 53.4 Å². The number of fused-ring (bicyclic) bond motifs is 1. The number of hydrogen-bond acceptors (Lipinski definition) is 5. The van der Waals surface area contributed by atoms with E-state index >= 15 is 0 Å². The average Bonchev–Trinajstić information content (AvgIpc) is 3.45. The SMILES string of the molecule is CS(=O)(=O)N(Cc1ccc(Cl)cc1)c1ccc2sc(C(=O)N3CCN(C(c4ccccc4)c4ccccc4)CC3)cc2c1. The van der Waals surface area contributed by atoms with E-state index in [1.54, 1.807) is 18.2 Å². The Hall–Kier alpha value is -3.69. The Morgan fingerprint density at radius 3 is 2.02 bits per heavy atom. The lowest BCUT2D eigenvalue weighted by Crippen LogP contribution is -2.49. The highest BCUT2D eigenvalue weighted by Gasteiger charge is 2.29. The second-order valence-electron chi connectivity index (χ2n) is 10.8. The molecule has 1 fully saturated rings. The minimum Gasteiger partial charge on any atom is -0.335 e. The Morgan fingerprint density at radius 2 is 1.44 bits per heavy atom. The van der Waals surface area contributed by atoms with Crippen molar-refractivity contribution in [2.75, 3.05) is 36.7 Å². The molecule has 1 aliphatic heterocycles. The van der Waals surface area contributed by atoms with Crippen LogP contribution < -0.4 is 4.31 Å². The zero-order valence-electron chi connectivity index (χ0n) is 23.8. The summed E-state index contributed by atoms with van der Waals surface area (Å²) in [6.07, 6.45) is 1.20. The molecule has 5 aromatic rings. The van der Waals surface area contributed by atoms with Crippen LogP contribution in [0.3, 0.4) is 0 Å². The van der Waals surface area contributed by atoms with Gasteiger partial charge in [-0.05, 0) is 58.5 Å². The van der Waals surface area contributed by atoms with Gasteiger partial charge in [-0.3, -0.25) is 14.0 Å². The molecule has 220 valence electrons. The van der Waals surface area contributed by atoms with E-state index in [0.29, 0.717) is 28.7 Å². The summed E-state index contributed by atoms with van der Waals surface area (Å²) in [4.78, 5) is 18.7. The second-order valence-corrected chi connectivity index (χ2v) is 14.2. The fourth-order valence-electron chi connectivity index (χ4n) is 5.67. The molecule has 0 spiro atoms. The standard InChI is InChI=1S/C34H32ClN3O3S2/c1-43(40,41)38(24-25-12-14-29(35)15-13-25)30-16-17-31-28(22-30)23-32(42-31)34(39)37-20-18-36(19-21-37)33(26-8-4-2-5-9-26)27-10-6-3-7-11-27/h2-17,22-23,33H,18-21,24H2,1H3. The number of piperazine rings is 1. The molecule has 1 amide bonds. The van der Waals surface area contributed by atoms with Crippen LogP contribution in [-0.2, 0) is 16.6 Å². The molecule has 0 unspecified atom stereocenters. The summed E-state index contributed by atoms with van der Waals surface area (Å²) in [5.74, 6) is 0.0134. The first-order valence-corrected chi connectivity index (χ1v) is 17.2. The van der Waals surface area contributed by atoms with Crippen molar-refractivity contribution in [2.45, 2.75) is 12.6 Å². The zero-order chi connectivity index (χ0) is 30.0. The maximum absolute atomic E-state index is 13.6. The van der Waals surface area contributed by atoms with Crippen molar-refractivity contribution in [1.82, 2.24) is 9.80 Å². The van der Waals surface area contributed by atoms with Gasteiger partial charge < -0.3 is 4.90 Å². The molecule has 0 saturated carbocycles. The van der Waals surface area contributed by atoms with Crippen LogP contribution in [0.4, 0.5) is 5.69 Å². The number of carbonyl (C=O) groups excluding carboxylic acids is 1. The van der Waals surface area contributed by atoms with Crippen LogP contribution in [0.25, 0.3) is 10.1 Å². The maximum Gasteiger partial charge on any atom is 0.264 e. The van der Waals surface area contributed by atoms with E-state index < -0.39 is 10.0 Å². The van der Waals surface area contributed by atoms with Gasteiger partial charge in [-0.25, -0.2) is 8.42 Å². The highest BCUT2D eigenvalue weighted by atomic mass is 35.5. The molecule has 1 saturated heterocycles. The van der Waals surface area contributed by atoms with Gasteiger partial charge in [0.15, 0.2) is 0 Å².